The molecule has 6 aliphatic rings. The van der Waals surface area contributed by atoms with Gasteiger partial charge in [0.15, 0.2) is 0 Å². The van der Waals surface area contributed by atoms with E-state index in [1.165, 1.54) is 0 Å². The van der Waals surface area contributed by atoms with Crippen LogP contribution in [0.25, 0.3) is 0 Å². The van der Waals surface area contributed by atoms with E-state index in [1.54, 1.807) is 0 Å². The van der Waals surface area contributed by atoms with E-state index in [0.29, 0.717) is 41.4 Å². The highest BCUT2D eigenvalue weighted by atomic mass is 28.6. The van der Waals surface area contributed by atoms with Gasteiger partial charge in [-0.05, 0) is 96.2 Å². The third kappa shape index (κ3) is 10.1. The lowest BCUT2D eigenvalue weighted by molar-refractivity contribution is 0.156. The van der Waals surface area contributed by atoms with Gasteiger partial charge in [-0.1, -0.05) is 103 Å². The molecule has 8 unspecified atom stereocenters. The van der Waals surface area contributed by atoms with Gasteiger partial charge < -0.3 is 32.9 Å². The Kier molecular flexibility index (Phi) is 13.7. The minimum Gasteiger partial charge on any atom is -0.415 e. The number of hydrogen-bond acceptors (Lipinski definition) is 8. The summed E-state index contributed by atoms with van der Waals surface area (Å²) in [5.41, 5.74) is 3.27. The third-order valence-electron chi connectivity index (χ3n) is 10.9. The zero-order valence-corrected chi connectivity index (χ0v) is 43.8. The second-order valence-electron chi connectivity index (χ2n) is 20.8. The lowest BCUT2D eigenvalue weighted by Crippen LogP contribution is -2.85. The van der Waals surface area contributed by atoms with Crippen LogP contribution in [0.4, 0.5) is 0 Å². The number of rotatable bonds is 17. The van der Waals surface area contributed by atoms with Gasteiger partial charge in [-0.2, -0.15) is 0 Å². The van der Waals surface area contributed by atoms with Crippen LogP contribution in [-0.2, 0) is 32.9 Å². The van der Waals surface area contributed by atoms with Gasteiger partial charge in [0.1, 0.15) is 0 Å². The number of hydrogen-bond donors (Lipinski definition) is 0. The number of allylic oxidation sites excluding steroid dienone is 1. The maximum Gasteiger partial charge on any atom is 0.322 e. The Hall–Kier alpha value is 1.16. The first kappa shape index (κ1) is 44.3. The fraction of sp³-hybridized carbons (Fsp3) is 0.944. The summed E-state index contributed by atoms with van der Waals surface area (Å²) in [6.07, 6.45) is 2.92. The highest BCUT2D eigenvalue weighted by Gasteiger charge is 2.78. The van der Waals surface area contributed by atoms with Crippen molar-refractivity contribution in [3.05, 3.63) is 12.7 Å². The summed E-state index contributed by atoms with van der Waals surface area (Å²) in [4.78, 5) is 0. The van der Waals surface area contributed by atoms with Crippen molar-refractivity contribution in [1.82, 2.24) is 0 Å². The monoisotopic (exact) mass is 862 g/mol. The first-order valence-corrected chi connectivity index (χ1v) is 39.0. The molecule has 0 aliphatic carbocycles. The van der Waals surface area contributed by atoms with Crippen molar-refractivity contribution >= 4 is 68.5 Å². The Morgan fingerprint density at radius 3 is 0.692 bits per heavy atom. The highest BCUT2D eigenvalue weighted by molar-refractivity contribution is 7.13. The lowest BCUT2D eigenvalue weighted by atomic mass is 10.3. The zero-order valence-electron chi connectivity index (χ0n) is 35.8. The molecule has 6 rings (SSSR count). The summed E-state index contributed by atoms with van der Waals surface area (Å²) in [6, 6.07) is 7.29. The van der Waals surface area contributed by atoms with Crippen LogP contribution in [-0.4, -0.2) is 68.5 Å². The van der Waals surface area contributed by atoms with Gasteiger partial charge in [-0.15, -0.1) is 6.58 Å². The molecule has 6 heterocycles. The summed E-state index contributed by atoms with van der Waals surface area (Å²) in [5, 5.41) is 0. The van der Waals surface area contributed by atoms with Crippen LogP contribution in [0.5, 0.6) is 0 Å². The van der Waals surface area contributed by atoms with E-state index in [-0.39, 0.29) is 0 Å². The highest BCUT2D eigenvalue weighted by Crippen LogP contribution is 2.59. The molecule has 6 fully saturated rings. The van der Waals surface area contributed by atoms with Crippen molar-refractivity contribution in [3.8, 4) is 0 Å². The minimum atomic E-state index is -3.08. The van der Waals surface area contributed by atoms with E-state index in [9.17, 15) is 0 Å². The van der Waals surface area contributed by atoms with Crippen molar-refractivity contribution in [2.45, 2.75) is 174 Å². The van der Waals surface area contributed by atoms with E-state index in [0.717, 1.165) is 77.4 Å². The Labute approximate surface area is 328 Å². The van der Waals surface area contributed by atoms with Gasteiger partial charge in [0.2, 0.25) is 0 Å². The smallest absolute Gasteiger partial charge is 0.322 e. The Balaban J connectivity index is 1.96. The maximum atomic E-state index is 8.33. The molecule has 8 atom stereocenters. The zero-order chi connectivity index (χ0) is 38.6. The van der Waals surface area contributed by atoms with Gasteiger partial charge in [0.25, 0.3) is 0 Å². The molecule has 0 aromatic heterocycles. The van der Waals surface area contributed by atoms with Crippen LogP contribution >= 0.6 is 0 Å². The molecule has 16 heteroatoms. The molecule has 8 nitrogen and oxygen atoms in total. The first-order chi connectivity index (χ1) is 24.0. The quantitative estimate of drug-likeness (QED) is 0.106. The minimum absolute atomic E-state index is 0.403. The summed E-state index contributed by atoms with van der Waals surface area (Å²) in [7, 11) is -24.5. The molecule has 0 N–H and O–H groups in total. The Morgan fingerprint density at radius 2 is 0.519 bits per heavy atom. The van der Waals surface area contributed by atoms with Crippen molar-refractivity contribution in [2.75, 3.05) is 0 Å². The van der Waals surface area contributed by atoms with Gasteiger partial charge in [-0.3, -0.25) is 0 Å². The van der Waals surface area contributed by atoms with E-state index >= 15 is 0 Å². The first-order valence-electron chi connectivity index (χ1n) is 21.2. The standard InChI is InChI=1S/C36H78O8Si8/c1-16-17-18-45-26-46(19-30(2)3)39-49(22-33(8)9)27-47(37-45,20-31(4)5)41-50(23-34(10)11)28-48(38-45,21-32(6)7)42-51(40-46,24-35(12)13)29-52(43-49,44-50)25-36(14)15/h16,30-36H,1,17-29H2,2-15H3. The molecule has 0 amide bonds. The molecular formula is C36H78O8Si8. The van der Waals surface area contributed by atoms with E-state index in [2.05, 4.69) is 110 Å². The van der Waals surface area contributed by atoms with Crippen LogP contribution in [0.3, 0.4) is 0 Å². The van der Waals surface area contributed by atoms with Crippen LogP contribution < -0.4 is 0 Å². The van der Waals surface area contributed by atoms with Gasteiger partial charge in [0, 0.05) is 22.7 Å². The molecule has 52 heavy (non-hydrogen) atoms. The maximum absolute atomic E-state index is 8.33. The van der Waals surface area contributed by atoms with Crippen molar-refractivity contribution in [2.24, 2.45) is 41.4 Å². The van der Waals surface area contributed by atoms with Crippen LogP contribution in [0.2, 0.25) is 71.0 Å². The normalized spacial score (nSPS) is 41.8. The van der Waals surface area contributed by atoms with Gasteiger partial charge in [-0.25, -0.2) is 0 Å². The molecule has 6 saturated heterocycles. The second-order valence-corrected chi connectivity index (χ2v) is 50.9. The molecule has 302 valence electrons. The summed E-state index contributed by atoms with van der Waals surface area (Å²) in [6.45, 7) is 37.2. The van der Waals surface area contributed by atoms with Crippen molar-refractivity contribution < 1.29 is 32.9 Å². The molecule has 0 radical (unpaired) electrons. The Bertz CT molecular complexity index is 1100. The summed E-state index contributed by atoms with van der Waals surface area (Å²) >= 11 is 0. The van der Waals surface area contributed by atoms with Gasteiger partial charge >= 0.3 is 68.5 Å². The predicted octanol–water partition coefficient (Wildman–Crippen LogP) is 11.0. The summed E-state index contributed by atoms with van der Waals surface area (Å²) < 4.78 is 66.4. The molecule has 0 saturated carbocycles. The van der Waals surface area contributed by atoms with Crippen molar-refractivity contribution in [1.29, 1.82) is 0 Å². The van der Waals surface area contributed by atoms with Crippen LogP contribution in [0, 0.1) is 41.4 Å². The van der Waals surface area contributed by atoms with E-state index < -0.39 is 68.5 Å². The molecule has 0 aromatic rings. The molecule has 8 bridgehead atoms. The largest absolute Gasteiger partial charge is 0.415 e. The summed E-state index contributed by atoms with van der Waals surface area (Å²) in [5.74, 6) is 2.84. The van der Waals surface area contributed by atoms with Crippen molar-refractivity contribution in [3.63, 3.8) is 0 Å². The lowest BCUT2D eigenvalue weighted by Gasteiger charge is -2.66. The molecule has 0 aromatic carbocycles. The predicted molar refractivity (Wildman–Crippen MR) is 231 cm³/mol. The molecular weight excluding hydrogens is 785 g/mol. The van der Waals surface area contributed by atoms with Crippen LogP contribution in [0.1, 0.15) is 103 Å². The van der Waals surface area contributed by atoms with Crippen LogP contribution in [0.15, 0.2) is 12.7 Å². The van der Waals surface area contributed by atoms with Gasteiger partial charge in [0.05, 0.1) is 0 Å². The average Bonchev–Trinajstić information content (AvgIpc) is 2.84. The third-order valence-corrected chi connectivity index (χ3v) is 63.1. The second kappa shape index (κ2) is 16.1. The van der Waals surface area contributed by atoms with E-state index in [4.69, 9.17) is 32.9 Å². The SMILES string of the molecule is C=CCC[Si]12C[Si]3(CC(C)C)O[Si]4(CC(C)C)C[Si]5(CC(C)C)O[Si](CC(C)C)(C[Si](CC(C)C)(O1)O4)O[Si](CC(C)C)(C[Si](CC(C)C)(O3)O5)O2. The Morgan fingerprint density at radius 1 is 0.346 bits per heavy atom. The molecule has 0 spiro atoms. The molecule has 6 aliphatic heterocycles. The average molecular weight is 864 g/mol. The topological polar surface area (TPSA) is 73.8 Å². The van der Waals surface area contributed by atoms with E-state index in [1.807, 2.05) is 0 Å². The fourth-order valence-corrected chi connectivity index (χ4v) is 84.8. The fourth-order valence-electron chi connectivity index (χ4n) is 11.1.